The van der Waals surface area contributed by atoms with Crippen molar-refractivity contribution in [3.8, 4) is 0 Å². The van der Waals surface area contributed by atoms with Crippen LogP contribution in [-0.2, 0) is 14.8 Å². The minimum Gasteiger partial charge on any atom is -0.325 e. The fourth-order valence-electron chi connectivity index (χ4n) is 2.00. The van der Waals surface area contributed by atoms with Crippen LogP contribution in [0.3, 0.4) is 0 Å². The van der Waals surface area contributed by atoms with E-state index < -0.39 is 10.0 Å². The van der Waals surface area contributed by atoms with Crippen LogP contribution in [0.4, 0.5) is 5.69 Å². The monoisotopic (exact) mass is 386 g/mol. The summed E-state index contributed by atoms with van der Waals surface area (Å²) >= 11 is 2.64. The molecule has 1 heterocycles. The third-order valence-corrected chi connectivity index (χ3v) is 7.03. The minimum absolute atomic E-state index is 0.167. The van der Waals surface area contributed by atoms with E-state index in [1.54, 1.807) is 31.5 Å². The molecule has 2 rings (SSSR count). The maximum Gasteiger partial charge on any atom is 0.243 e. The fourth-order valence-corrected chi connectivity index (χ4v) is 4.79. The van der Waals surface area contributed by atoms with Crippen molar-refractivity contribution in [2.45, 2.75) is 23.1 Å². The summed E-state index contributed by atoms with van der Waals surface area (Å²) in [6, 6.07) is 6.28. The van der Waals surface area contributed by atoms with Crippen LogP contribution in [0.5, 0.6) is 0 Å². The van der Waals surface area contributed by atoms with Crippen molar-refractivity contribution < 1.29 is 13.2 Å². The number of carbonyl (C=O) groups is 1. The van der Waals surface area contributed by atoms with Crippen LogP contribution < -0.4 is 5.32 Å². The van der Waals surface area contributed by atoms with Gasteiger partial charge in [-0.15, -0.1) is 10.2 Å². The second kappa shape index (κ2) is 8.56. The predicted molar refractivity (Wildman–Crippen MR) is 95.8 cm³/mol. The Kier molecular flexibility index (Phi) is 6.72. The standard InChI is InChI=1S/C14H18N4O3S3/c1-3-18(4-2)24(20,21)12-7-5-6-11(8-12)16-13(19)9-22-14-17-15-10-23-14/h5-8,10H,3-4,9H2,1-2H3,(H,16,19). The van der Waals surface area contributed by atoms with Gasteiger partial charge in [0.05, 0.1) is 10.6 Å². The average Bonchev–Trinajstić information content (AvgIpc) is 3.07. The van der Waals surface area contributed by atoms with E-state index in [1.165, 1.54) is 39.5 Å². The van der Waals surface area contributed by atoms with E-state index in [4.69, 9.17) is 0 Å². The van der Waals surface area contributed by atoms with E-state index in [9.17, 15) is 13.2 Å². The highest BCUT2D eigenvalue weighted by Gasteiger charge is 2.21. The number of benzene rings is 1. The maximum absolute atomic E-state index is 12.5. The largest absolute Gasteiger partial charge is 0.325 e. The van der Waals surface area contributed by atoms with Gasteiger partial charge in [-0.05, 0) is 18.2 Å². The molecule has 0 aliphatic rings. The number of nitrogens with one attached hydrogen (secondary N) is 1. The second-order valence-corrected chi connectivity index (χ2v) is 8.65. The smallest absolute Gasteiger partial charge is 0.243 e. The lowest BCUT2D eigenvalue weighted by Gasteiger charge is -2.18. The molecule has 0 spiro atoms. The zero-order chi connectivity index (χ0) is 17.6. The molecule has 1 N–H and O–H groups in total. The highest BCUT2D eigenvalue weighted by Crippen LogP contribution is 2.21. The van der Waals surface area contributed by atoms with Gasteiger partial charge in [0.25, 0.3) is 0 Å². The highest BCUT2D eigenvalue weighted by atomic mass is 32.2. The SMILES string of the molecule is CCN(CC)S(=O)(=O)c1cccc(NC(=O)CSc2nncs2)c1. The molecule has 24 heavy (non-hydrogen) atoms. The third-order valence-electron chi connectivity index (χ3n) is 3.13. The van der Waals surface area contributed by atoms with Gasteiger partial charge < -0.3 is 5.32 Å². The first-order valence-electron chi connectivity index (χ1n) is 7.26. The van der Waals surface area contributed by atoms with Gasteiger partial charge in [0, 0.05) is 18.8 Å². The number of rotatable bonds is 8. The van der Waals surface area contributed by atoms with Crippen LogP contribution in [0.1, 0.15) is 13.8 Å². The van der Waals surface area contributed by atoms with Crippen molar-refractivity contribution in [2.24, 2.45) is 0 Å². The number of carbonyl (C=O) groups excluding carboxylic acids is 1. The summed E-state index contributed by atoms with van der Waals surface area (Å²) in [5.41, 5.74) is 2.05. The Labute approximate surface area is 149 Å². The molecule has 7 nitrogen and oxygen atoms in total. The van der Waals surface area contributed by atoms with Gasteiger partial charge >= 0.3 is 0 Å². The van der Waals surface area contributed by atoms with Gasteiger partial charge in [0.15, 0.2) is 4.34 Å². The average molecular weight is 387 g/mol. The van der Waals surface area contributed by atoms with E-state index >= 15 is 0 Å². The Morgan fingerprint density at radius 1 is 1.33 bits per heavy atom. The molecule has 0 fully saturated rings. The van der Waals surface area contributed by atoms with Gasteiger partial charge in [-0.25, -0.2) is 8.42 Å². The summed E-state index contributed by atoms with van der Waals surface area (Å²) in [6.07, 6.45) is 0. The van der Waals surface area contributed by atoms with Crippen molar-refractivity contribution in [1.82, 2.24) is 14.5 Å². The van der Waals surface area contributed by atoms with E-state index in [0.717, 1.165) is 0 Å². The first-order valence-corrected chi connectivity index (χ1v) is 10.6. The highest BCUT2D eigenvalue weighted by molar-refractivity contribution is 8.01. The van der Waals surface area contributed by atoms with Crippen LogP contribution >= 0.6 is 23.1 Å². The quantitative estimate of drug-likeness (QED) is 0.700. The van der Waals surface area contributed by atoms with E-state index in [2.05, 4.69) is 15.5 Å². The number of aromatic nitrogens is 2. The number of sulfonamides is 1. The Hall–Kier alpha value is -1.49. The lowest BCUT2D eigenvalue weighted by molar-refractivity contribution is -0.113. The Bertz CT molecular complexity index is 774. The van der Waals surface area contributed by atoms with Crippen molar-refractivity contribution >= 4 is 44.7 Å². The van der Waals surface area contributed by atoms with Gasteiger partial charge in [-0.2, -0.15) is 4.31 Å². The summed E-state index contributed by atoms with van der Waals surface area (Å²) in [5.74, 6) is -0.0463. The van der Waals surface area contributed by atoms with Crippen molar-refractivity contribution in [1.29, 1.82) is 0 Å². The van der Waals surface area contributed by atoms with Crippen LogP contribution in [0.2, 0.25) is 0 Å². The Morgan fingerprint density at radius 2 is 2.08 bits per heavy atom. The van der Waals surface area contributed by atoms with Crippen molar-refractivity contribution in [3.05, 3.63) is 29.8 Å². The van der Waals surface area contributed by atoms with E-state index in [0.29, 0.717) is 23.1 Å². The molecule has 1 aromatic heterocycles. The van der Waals surface area contributed by atoms with Crippen molar-refractivity contribution in [3.63, 3.8) is 0 Å². The third kappa shape index (κ3) is 4.76. The minimum atomic E-state index is -3.55. The van der Waals surface area contributed by atoms with E-state index in [1.807, 2.05) is 0 Å². The molecule has 0 unspecified atom stereocenters. The Balaban J connectivity index is 2.06. The molecule has 1 aromatic carbocycles. The summed E-state index contributed by atoms with van der Waals surface area (Å²) in [7, 11) is -3.55. The second-order valence-electron chi connectivity index (χ2n) is 4.66. The van der Waals surface area contributed by atoms with Crippen LogP contribution in [0.25, 0.3) is 0 Å². The maximum atomic E-state index is 12.5. The van der Waals surface area contributed by atoms with Crippen LogP contribution in [0.15, 0.2) is 39.0 Å². The molecule has 0 bridgehead atoms. The molecule has 0 saturated carbocycles. The topological polar surface area (TPSA) is 92.3 Å². The molecule has 0 radical (unpaired) electrons. The van der Waals surface area contributed by atoms with Gasteiger partial charge in [0.2, 0.25) is 15.9 Å². The van der Waals surface area contributed by atoms with Gasteiger partial charge in [0.1, 0.15) is 5.51 Å². The molecule has 1 amide bonds. The van der Waals surface area contributed by atoms with E-state index in [-0.39, 0.29) is 16.6 Å². The predicted octanol–water partition coefficient (Wildman–Crippen LogP) is 2.30. The zero-order valence-corrected chi connectivity index (χ0v) is 15.7. The number of hydrogen-bond acceptors (Lipinski definition) is 7. The summed E-state index contributed by atoms with van der Waals surface area (Å²) in [5, 5.41) is 10.3. The molecule has 130 valence electrons. The molecule has 10 heteroatoms. The molecular weight excluding hydrogens is 368 g/mol. The Morgan fingerprint density at radius 3 is 2.71 bits per heavy atom. The first kappa shape index (κ1) is 18.8. The first-order chi connectivity index (χ1) is 11.5. The lowest BCUT2D eigenvalue weighted by Crippen LogP contribution is -2.30. The van der Waals surface area contributed by atoms with Gasteiger partial charge in [-0.3, -0.25) is 4.79 Å². The number of nitrogens with zero attached hydrogens (tertiary/aromatic N) is 3. The summed E-state index contributed by atoms with van der Waals surface area (Å²) < 4.78 is 27.1. The normalized spacial score (nSPS) is 11.6. The number of thioether (sulfide) groups is 1. The molecular formula is C14H18N4O3S3. The molecule has 0 atom stereocenters. The lowest BCUT2D eigenvalue weighted by atomic mass is 10.3. The summed E-state index contributed by atoms with van der Waals surface area (Å²) in [4.78, 5) is 12.1. The number of hydrogen-bond donors (Lipinski definition) is 1. The van der Waals surface area contributed by atoms with Gasteiger partial charge in [-0.1, -0.05) is 43.0 Å². The number of amides is 1. The number of anilines is 1. The fraction of sp³-hybridized carbons (Fsp3) is 0.357. The van der Waals surface area contributed by atoms with Crippen molar-refractivity contribution in [2.75, 3.05) is 24.2 Å². The molecule has 0 aliphatic heterocycles. The molecule has 0 aliphatic carbocycles. The zero-order valence-electron chi connectivity index (χ0n) is 13.3. The van der Waals surface area contributed by atoms with Crippen LogP contribution in [0, 0.1) is 0 Å². The molecule has 2 aromatic rings. The van der Waals surface area contributed by atoms with Crippen LogP contribution in [-0.4, -0.2) is 47.7 Å². The molecule has 0 saturated heterocycles. The summed E-state index contributed by atoms with van der Waals surface area (Å²) in [6.45, 7) is 4.37.